The summed E-state index contributed by atoms with van der Waals surface area (Å²) < 4.78 is 0. The minimum Gasteiger partial charge on any atom is -0.335 e. The van der Waals surface area contributed by atoms with Gasteiger partial charge in [-0.3, -0.25) is 9.78 Å². The van der Waals surface area contributed by atoms with Crippen LogP contribution in [0.25, 0.3) is 0 Å². The number of aromatic nitrogens is 1. The van der Waals surface area contributed by atoms with E-state index in [9.17, 15) is 4.79 Å². The quantitative estimate of drug-likeness (QED) is 0.903. The average Bonchev–Trinajstić information content (AvgIpc) is 3.20. The molecule has 2 aliphatic rings. The van der Waals surface area contributed by atoms with Crippen LogP contribution in [-0.4, -0.2) is 34.9 Å². The number of pyridine rings is 1. The summed E-state index contributed by atoms with van der Waals surface area (Å²) in [6.07, 6.45) is 6.88. The van der Waals surface area contributed by atoms with E-state index in [2.05, 4.69) is 29.0 Å². The Morgan fingerprint density at radius 2 is 2.14 bits per heavy atom. The minimum atomic E-state index is -0.213. The Bertz CT molecular complexity index is 490. The van der Waals surface area contributed by atoms with Crippen molar-refractivity contribution in [3.05, 3.63) is 30.1 Å². The van der Waals surface area contributed by atoms with Crippen molar-refractivity contribution >= 4 is 5.91 Å². The molecule has 4 heteroatoms. The highest BCUT2D eigenvalue weighted by atomic mass is 16.2. The summed E-state index contributed by atoms with van der Waals surface area (Å²) in [7, 11) is 0. The Balaban J connectivity index is 1.82. The summed E-state index contributed by atoms with van der Waals surface area (Å²) in [4.78, 5) is 19.5. The Morgan fingerprint density at radius 3 is 2.67 bits per heavy atom. The molecule has 0 spiro atoms. The van der Waals surface area contributed by atoms with Crippen molar-refractivity contribution in [2.45, 2.75) is 45.7 Å². The molecule has 21 heavy (non-hydrogen) atoms. The predicted molar refractivity (Wildman–Crippen MR) is 82.6 cm³/mol. The summed E-state index contributed by atoms with van der Waals surface area (Å²) in [5, 5.41) is 3.40. The first-order chi connectivity index (χ1) is 10.1. The molecular formula is C17H25N3O. The van der Waals surface area contributed by atoms with E-state index >= 15 is 0 Å². The van der Waals surface area contributed by atoms with Gasteiger partial charge in [0.15, 0.2) is 0 Å². The lowest BCUT2D eigenvalue weighted by molar-refractivity contribution is -0.145. The number of carbonyl (C=O) groups is 1. The van der Waals surface area contributed by atoms with Crippen molar-refractivity contribution in [2.24, 2.45) is 11.3 Å². The van der Waals surface area contributed by atoms with Gasteiger partial charge in [0.2, 0.25) is 5.91 Å². The number of hydrogen-bond acceptors (Lipinski definition) is 3. The van der Waals surface area contributed by atoms with Crippen LogP contribution in [0.3, 0.4) is 0 Å². The van der Waals surface area contributed by atoms with Gasteiger partial charge in [-0.25, -0.2) is 0 Å². The van der Waals surface area contributed by atoms with Crippen LogP contribution in [0.4, 0.5) is 0 Å². The lowest BCUT2D eigenvalue weighted by Crippen LogP contribution is -2.48. The molecule has 1 aromatic rings. The zero-order valence-corrected chi connectivity index (χ0v) is 13.0. The van der Waals surface area contributed by atoms with E-state index < -0.39 is 0 Å². The van der Waals surface area contributed by atoms with Gasteiger partial charge in [-0.1, -0.05) is 13.8 Å². The van der Waals surface area contributed by atoms with E-state index in [1.165, 1.54) is 5.56 Å². The van der Waals surface area contributed by atoms with Gasteiger partial charge in [0, 0.05) is 31.5 Å². The Hall–Kier alpha value is -1.42. The second-order valence-corrected chi connectivity index (χ2v) is 6.76. The van der Waals surface area contributed by atoms with Gasteiger partial charge in [0.05, 0.1) is 5.41 Å². The largest absolute Gasteiger partial charge is 0.335 e. The number of rotatable bonds is 5. The summed E-state index contributed by atoms with van der Waals surface area (Å²) in [6.45, 7) is 6.87. The van der Waals surface area contributed by atoms with Crippen molar-refractivity contribution in [1.29, 1.82) is 0 Å². The average molecular weight is 287 g/mol. The van der Waals surface area contributed by atoms with Crippen LogP contribution in [0.15, 0.2) is 24.5 Å². The topological polar surface area (TPSA) is 45.2 Å². The van der Waals surface area contributed by atoms with Crippen LogP contribution in [-0.2, 0) is 11.3 Å². The van der Waals surface area contributed by atoms with Crippen molar-refractivity contribution in [3.63, 3.8) is 0 Å². The maximum absolute atomic E-state index is 13.3. The smallest absolute Gasteiger partial charge is 0.230 e. The fraction of sp³-hybridized carbons (Fsp3) is 0.647. The molecule has 1 aliphatic carbocycles. The van der Waals surface area contributed by atoms with Gasteiger partial charge in [-0.05, 0) is 49.4 Å². The van der Waals surface area contributed by atoms with Crippen LogP contribution in [0.5, 0.6) is 0 Å². The van der Waals surface area contributed by atoms with Gasteiger partial charge in [-0.2, -0.15) is 0 Å². The number of hydrogen-bond donors (Lipinski definition) is 1. The van der Waals surface area contributed by atoms with E-state index in [1.807, 2.05) is 12.1 Å². The standard InChI is InChI=1S/C17H25N3O/c1-13(2)17(7-10-19-12-17)16(21)20(15-3-4-15)11-14-5-8-18-9-6-14/h5-6,8-9,13,15,19H,3-4,7,10-12H2,1-2H3. The summed E-state index contributed by atoms with van der Waals surface area (Å²) in [5.74, 6) is 0.723. The Morgan fingerprint density at radius 1 is 1.43 bits per heavy atom. The molecule has 1 atom stereocenters. The monoisotopic (exact) mass is 287 g/mol. The molecule has 3 rings (SSSR count). The molecule has 1 amide bonds. The number of amides is 1. The lowest BCUT2D eigenvalue weighted by atomic mass is 9.75. The van der Waals surface area contributed by atoms with E-state index in [4.69, 9.17) is 0 Å². The van der Waals surface area contributed by atoms with E-state index in [0.717, 1.165) is 38.9 Å². The zero-order valence-electron chi connectivity index (χ0n) is 13.0. The fourth-order valence-electron chi connectivity index (χ4n) is 3.36. The highest BCUT2D eigenvalue weighted by molar-refractivity contribution is 5.84. The number of nitrogens with one attached hydrogen (secondary N) is 1. The highest BCUT2D eigenvalue weighted by Gasteiger charge is 2.48. The summed E-state index contributed by atoms with van der Waals surface area (Å²) >= 11 is 0. The first kappa shape index (κ1) is 14.5. The molecule has 1 aromatic heterocycles. The number of carbonyl (C=O) groups excluding carboxylic acids is 1. The van der Waals surface area contributed by atoms with Crippen LogP contribution in [0.1, 0.15) is 38.7 Å². The molecule has 1 N–H and O–H groups in total. The molecule has 1 saturated carbocycles. The molecule has 4 nitrogen and oxygen atoms in total. The fourth-order valence-corrected chi connectivity index (χ4v) is 3.36. The third kappa shape index (κ3) is 2.82. The van der Waals surface area contributed by atoms with Crippen LogP contribution in [0.2, 0.25) is 0 Å². The van der Waals surface area contributed by atoms with Gasteiger partial charge in [0.25, 0.3) is 0 Å². The van der Waals surface area contributed by atoms with E-state index in [0.29, 0.717) is 17.9 Å². The first-order valence-corrected chi connectivity index (χ1v) is 8.04. The molecule has 0 radical (unpaired) electrons. The predicted octanol–water partition coefficient (Wildman–Crippen LogP) is 2.21. The maximum Gasteiger partial charge on any atom is 0.230 e. The van der Waals surface area contributed by atoms with Crippen LogP contribution in [0, 0.1) is 11.3 Å². The molecule has 0 bridgehead atoms. The van der Waals surface area contributed by atoms with E-state index in [-0.39, 0.29) is 5.41 Å². The molecule has 1 unspecified atom stereocenters. The van der Waals surface area contributed by atoms with Gasteiger partial charge in [0.1, 0.15) is 0 Å². The second kappa shape index (κ2) is 5.76. The van der Waals surface area contributed by atoms with Crippen molar-refractivity contribution < 1.29 is 4.79 Å². The van der Waals surface area contributed by atoms with Gasteiger partial charge >= 0.3 is 0 Å². The van der Waals surface area contributed by atoms with Crippen LogP contribution >= 0.6 is 0 Å². The number of nitrogens with zero attached hydrogens (tertiary/aromatic N) is 2. The van der Waals surface area contributed by atoms with E-state index in [1.54, 1.807) is 12.4 Å². The first-order valence-electron chi connectivity index (χ1n) is 8.04. The Labute approximate surface area is 126 Å². The molecule has 114 valence electrons. The normalized spacial score (nSPS) is 25.3. The van der Waals surface area contributed by atoms with Crippen molar-refractivity contribution in [1.82, 2.24) is 15.2 Å². The summed E-state index contributed by atoms with van der Waals surface area (Å²) in [5.41, 5.74) is 0.963. The lowest BCUT2D eigenvalue weighted by Gasteiger charge is -2.37. The molecule has 1 aliphatic heterocycles. The molecule has 2 heterocycles. The Kier molecular flexibility index (Phi) is 3.98. The van der Waals surface area contributed by atoms with Crippen molar-refractivity contribution in [3.8, 4) is 0 Å². The maximum atomic E-state index is 13.3. The molecular weight excluding hydrogens is 262 g/mol. The molecule has 2 fully saturated rings. The zero-order chi connectivity index (χ0) is 14.9. The minimum absolute atomic E-state index is 0.213. The van der Waals surface area contributed by atoms with Crippen LogP contribution < -0.4 is 5.32 Å². The second-order valence-electron chi connectivity index (χ2n) is 6.76. The third-order valence-corrected chi connectivity index (χ3v) is 5.07. The van der Waals surface area contributed by atoms with Gasteiger partial charge < -0.3 is 10.2 Å². The summed E-state index contributed by atoms with van der Waals surface area (Å²) in [6, 6.07) is 4.47. The molecule has 1 saturated heterocycles. The van der Waals surface area contributed by atoms with Gasteiger partial charge in [-0.15, -0.1) is 0 Å². The SMILES string of the molecule is CC(C)C1(C(=O)N(Cc2ccncc2)C2CC2)CCNC1. The van der Waals surface area contributed by atoms with Crippen molar-refractivity contribution in [2.75, 3.05) is 13.1 Å². The third-order valence-electron chi connectivity index (χ3n) is 5.07. The molecule has 0 aromatic carbocycles. The highest BCUT2D eigenvalue weighted by Crippen LogP contribution is 2.40.